The van der Waals surface area contributed by atoms with Crippen molar-refractivity contribution in [3.63, 3.8) is 0 Å². The third-order valence-electron chi connectivity index (χ3n) is 8.69. The third kappa shape index (κ3) is 4.41. The number of nitrogens with zero attached hydrogens (tertiary/aromatic N) is 5. The van der Waals surface area contributed by atoms with Gasteiger partial charge in [0.15, 0.2) is 11.6 Å². The Hall–Kier alpha value is -3.60. The zero-order valence-corrected chi connectivity index (χ0v) is 24.3. The number of rotatable bonds is 6. The molecule has 2 fully saturated rings. The minimum absolute atomic E-state index is 0.00178. The lowest BCUT2D eigenvalue weighted by atomic mass is 9.95. The lowest BCUT2D eigenvalue weighted by Gasteiger charge is -2.31. The fraction of sp³-hybridized carbons (Fsp3) is 0.414. The number of aromatic nitrogens is 2. The van der Waals surface area contributed by atoms with Crippen LogP contribution in [0.5, 0.6) is 11.8 Å². The fourth-order valence-corrected chi connectivity index (χ4v) is 8.06. The maximum absolute atomic E-state index is 16.8. The predicted molar refractivity (Wildman–Crippen MR) is 156 cm³/mol. The van der Waals surface area contributed by atoms with Crippen molar-refractivity contribution in [3.05, 3.63) is 34.4 Å². The van der Waals surface area contributed by atoms with Gasteiger partial charge in [0.25, 0.3) is 6.43 Å². The van der Waals surface area contributed by atoms with Gasteiger partial charge in [0.05, 0.1) is 39.3 Å². The number of fused-ring (bicyclic) bond motifs is 2. The molecule has 0 atom stereocenters. The van der Waals surface area contributed by atoms with E-state index in [0.29, 0.717) is 0 Å². The number of hydrogen-bond acceptors (Lipinski definition) is 9. The Bertz CT molecular complexity index is 1820. The Morgan fingerprint density at radius 2 is 1.93 bits per heavy atom. The van der Waals surface area contributed by atoms with Crippen molar-refractivity contribution < 1.29 is 27.0 Å². The highest BCUT2D eigenvalue weighted by atomic mass is 35.5. The summed E-state index contributed by atoms with van der Waals surface area (Å²) < 4.78 is 71.1. The van der Waals surface area contributed by atoms with Crippen LogP contribution in [0.15, 0.2) is 12.1 Å². The van der Waals surface area contributed by atoms with Crippen LogP contribution in [0.4, 0.5) is 28.4 Å². The molecule has 2 N–H and O–H groups in total. The minimum Gasteiger partial charge on any atom is -0.489 e. The average Bonchev–Trinajstić information content (AvgIpc) is 3.62. The SMILES string of the molecule is N#Cc1c(N)sc2c(F)ccc(-c3c(Cl)c4c5c(nc(OCC67CCCN6CCC7)nc5c3F)N(CC(F)F)CCO4)c12. The lowest BCUT2D eigenvalue weighted by molar-refractivity contribution is 0.107. The molecule has 3 aliphatic rings. The number of thiophene rings is 1. The summed E-state index contributed by atoms with van der Waals surface area (Å²) in [6.45, 7) is 1.51. The van der Waals surface area contributed by atoms with Crippen LogP contribution in [0.3, 0.4) is 0 Å². The molecule has 0 unspecified atom stereocenters. The van der Waals surface area contributed by atoms with Crippen LogP contribution in [0, 0.1) is 23.0 Å². The Labute approximate surface area is 252 Å². The maximum atomic E-state index is 16.8. The lowest BCUT2D eigenvalue weighted by Crippen LogP contribution is -2.43. The van der Waals surface area contributed by atoms with Crippen molar-refractivity contribution >= 4 is 54.7 Å². The molecule has 2 saturated heterocycles. The number of anilines is 2. The summed E-state index contributed by atoms with van der Waals surface area (Å²) >= 11 is 7.69. The summed E-state index contributed by atoms with van der Waals surface area (Å²) in [4.78, 5) is 12.6. The molecule has 224 valence electrons. The molecule has 43 heavy (non-hydrogen) atoms. The second-order valence-corrected chi connectivity index (χ2v) is 12.5. The summed E-state index contributed by atoms with van der Waals surface area (Å²) in [5.41, 5.74) is 5.53. The average molecular weight is 633 g/mol. The van der Waals surface area contributed by atoms with E-state index in [9.17, 15) is 18.4 Å². The molecule has 2 aromatic carbocycles. The van der Waals surface area contributed by atoms with Crippen molar-refractivity contribution in [1.29, 1.82) is 5.26 Å². The highest BCUT2D eigenvalue weighted by molar-refractivity contribution is 7.23. The van der Waals surface area contributed by atoms with Crippen LogP contribution in [0.25, 0.3) is 32.1 Å². The van der Waals surface area contributed by atoms with E-state index in [2.05, 4.69) is 14.9 Å². The number of ether oxygens (including phenoxy) is 2. The number of benzene rings is 2. The number of nitriles is 1. The summed E-state index contributed by atoms with van der Waals surface area (Å²) in [5, 5.41) is 9.84. The van der Waals surface area contributed by atoms with Crippen molar-refractivity contribution in [2.24, 2.45) is 0 Å². The van der Waals surface area contributed by atoms with E-state index >= 15 is 4.39 Å². The standard InChI is InChI=1S/C29H25ClF4N6O2S/c30-21-19(14-3-4-16(31)25-18(14)15(11-35)26(36)43-25)22(34)23-20-24(21)41-10-9-39(12-17(32)33)27(20)38-28(37-23)42-13-29-5-1-7-40(29)8-2-6-29/h3-4,17H,1-2,5-10,12-13,36H2. The summed E-state index contributed by atoms with van der Waals surface area (Å²) in [6, 6.07) is 4.29. The van der Waals surface area contributed by atoms with E-state index in [0.717, 1.165) is 56.2 Å². The number of nitrogens with two attached hydrogens (primary N) is 1. The number of nitrogen functional groups attached to an aromatic ring is 1. The molecule has 0 amide bonds. The van der Waals surface area contributed by atoms with Crippen LogP contribution >= 0.6 is 22.9 Å². The van der Waals surface area contributed by atoms with E-state index in [1.807, 2.05) is 6.07 Å². The summed E-state index contributed by atoms with van der Waals surface area (Å²) in [5.74, 6) is -1.52. The first-order chi connectivity index (χ1) is 20.7. The zero-order valence-electron chi connectivity index (χ0n) is 22.7. The van der Waals surface area contributed by atoms with Gasteiger partial charge < -0.3 is 20.1 Å². The summed E-state index contributed by atoms with van der Waals surface area (Å²) in [6.07, 6.45) is 1.26. The topological polar surface area (TPSA) is 101 Å². The van der Waals surface area contributed by atoms with Crippen molar-refractivity contribution in [2.75, 3.05) is 50.0 Å². The van der Waals surface area contributed by atoms with Crippen molar-refractivity contribution in [2.45, 2.75) is 37.6 Å². The Morgan fingerprint density at radius 1 is 1.16 bits per heavy atom. The quantitative estimate of drug-likeness (QED) is 0.245. The monoisotopic (exact) mass is 632 g/mol. The van der Waals surface area contributed by atoms with Gasteiger partial charge in [0.1, 0.15) is 41.4 Å². The Balaban J connectivity index is 1.46. The van der Waals surface area contributed by atoms with E-state index < -0.39 is 24.6 Å². The van der Waals surface area contributed by atoms with Gasteiger partial charge in [-0.1, -0.05) is 17.7 Å². The van der Waals surface area contributed by atoms with E-state index in [1.165, 1.54) is 11.0 Å². The highest BCUT2D eigenvalue weighted by Gasteiger charge is 2.45. The highest BCUT2D eigenvalue weighted by Crippen LogP contribution is 2.51. The van der Waals surface area contributed by atoms with Gasteiger partial charge in [-0.2, -0.15) is 15.2 Å². The molecule has 3 aliphatic heterocycles. The second-order valence-electron chi connectivity index (χ2n) is 11.0. The van der Waals surface area contributed by atoms with Gasteiger partial charge in [-0.15, -0.1) is 11.3 Å². The molecule has 0 aliphatic carbocycles. The molecule has 5 heterocycles. The second kappa shape index (κ2) is 10.5. The number of alkyl halides is 2. The van der Waals surface area contributed by atoms with Crippen LogP contribution in [-0.2, 0) is 0 Å². The predicted octanol–water partition coefficient (Wildman–Crippen LogP) is 6.37. The smallest absolute Gasteiger partial charge is 0.319 e. The Kier molecular flexibility index (Phi) is 6.91. The first-order valence-corrected chi connectivity index (χ1v) is 15.1. The first-order valence-electron chi connectivity index (χ1n) is 13.9. The van der Waals surface area contributed by atoms with Crippen molar-refractivity contribution in [3.8, 4) is 29.0 Å². The van der Waals surface area contributed by atoms with Crippen LogP contribution in [0.2, 0.25) is 5.02 Å². The van der Waals surface area contributed by atoms with Gasteiger partial charge in [-0.05, 0) is 50.4 Å². The molecule has 0 saturated carbocycles. The molecule has 14 heteroatoms. The Morgan fingerprint density at radius 3 is 2.65 bits per heavy atom. The number of halogens is 5. The maximum Gasteiger partial charge on any atom is 0.319 e. The molecule has 8 nitrogen and oxygen atoms in total. The molecule has 0 radical (unpaired) electrons. The zero-order chi connectivity index (χ0) is 30.0. The molecule has 2 aromatic heterocycles. The molecule has 7 rings (SSSR count). The minimum atomic E-state index is -2.71. The van der Waals surface area contributed by atoms with Gasteiger partial charge in [-0.25, -0.2) is 17.6 Å². The molecular weight excluding hydrogens is 608 g/mol. The van der Waals surface area contributed by atoms with Crippen LogP contribution in [-0.4, -0.2) is 66.2 Å². The van der Waals surface area contributed by atoms with Crippen LogP contribution in [0.1, 0.15) is 31.2 Å². The number of hydrogen-bond donors (Lipinski definition) is 1. The normalized spacial score (nSPS) is 17.8. The fourth-order valence-electron chi connectivity index (χ4n) is 6.78. The molecular formula is C29H25ClF4N6O2S. The van der Waals surface area contributed by atoms with Gasteiger partial charge in [0.2, 0.25) is 0 Å². The molecule has 0 bridgehead atoms. The first kappa shape index (κ1) is 28.2. The van der Waals surface area contributed by atoms with E-state index in [1.54, 1.807) is 0 Å². The largest absolute Gasteiger partial charge is 0.489 e. The van der Waals surface area contributed by atoms with Gasteiger partial charge in [0, 0.05) is 10.9 Å². The summed E-state index contributed by atoms with van der Waals surface area (Å²) in [7, 11) is 0. The van der Waals surface area contributed by atoms with Gasteiger partial charge >= 0.3 is 6.01 Å². The van der Waals surface area contributed by atoms with Crippen LogP contribution < -0.4 is 20.1 Å². The van der Waals surface area contributed by atoms with Crippen molar-refractivity contribution in [1.82, 2.24) is 14.9 Å². The third-order valence-corrected chi connectivity index (χ3v) is 10.1. The van der Waals surface area contributed by atoms with Gasteiger partial charge in [-0.3, -0.25) is 4.90 Å². The molecule has 4 aromatic rings. The van der Waals surface area contributed by atoms with E-state index in [4.69, 9.17) is 26.8 Å². The molecule has 0 spiro atoms. The van der Waals surface area contributed by atoms with E-state index in [-0.39, 0.29) is 90.6 Å².